The minimum atomic E-state index is -0.272. The second-order valence-electron chi connectivity index (χ2n) is 4.37. The molecule has 0 radical (unpaired) electrons. The Labute approximate surface area is 127 Å². The van der Waals surface area contributed by atoms with Gasteiger partial charge in [0.25, 0.3) is 12.4 Å². The Morgan fingerprint density at radius 3 is 2.77 bits per heavy atom. The molecule has 1 atom stereocenters. The summed E-state index contributed by atoms with van der Waals surface area (Å²) < 4.78 is 7.11. The summed E-state index contributed by atoms with van der Waals surface area (Å²) in [6.07, 6.45) is 6.07. The SMILES string of the molecule is CCC(Cn1ccnc1)NC(=O)c1ccc(CO)o1.O=CO. The van der Waals surface area contributed by atoms with Gasteiger partial charge in [-0.3, -0.25) is 9.59 Å². The van der Waals surface area contributed by atoms with Crippen LogP contribution >= 0.6 is 0 Å². The van der Waals surface area contributed by atoms with Gasteiger partial charge in [0.1, 0.15) is 12.4 Å². The molecule has 2 rings (SSSR count). The van der Waals surface area contributed by atoms with Gasteiger partial charge in [-0.05, 0) is 18.6 Å². The molecule has 0 aliphatic heterocycles. The molecular formula is C14H19N3O5. The maximum absolute atomic E-state index is 12.0. The number of carbonyl (C=O) groups excluding carboxylic acids is 1. The predicted molar refractivity (Wildman–Crippen MR) is 77.1 cm³/mol. The van der Waals surface area contributed by atoms with Crippen LogP contribution in [0.15, 0.2) is 35.3 Å². The van der Waals surface area contributed by atoms with Gasteiger partial charge >= 0.3 is 0 Å². The first-order chi connectivity index (χ1) is 10.6. The van der Waals surface area contributed by atoms with Gasteiger partial charge in [0, 0.05) is 25.0 Å². The van der Waals surface area contributed by atoms with Crippen molar-refractivity contribution in [1.82, 2.24) is 14.9 Å². The monoisotopic (exact) mass is 309 g/mol. The van der Waals surface area contributed by atoms with Gasteiger partial charge in [-0.1, -0.05) is 6.92 Å². The van der Waals surface area contributed by atoms with Crippen LogP contribution < -0.4 is 5.32 Å². The lowest BCUT2D eigenvalue weighted by atomic mass is 10.2. The number of imidazole rings is 1. The molecule has 0 fully saturated rings. The number of aromatic nitrogens is 2. The van der Waals surface area contributed by atoms with Gasteiger partial charge in [-0.15, -0.1) is 0 Å². The molecular weight excluding hydrogens is 290 g/mol. The fourth-order valence-electron chi connectivity index (χ4n) is 1.77. The fraction of sp³-hybridized carbons (Fsp3) is 0.357. The Morgan fingerprint density at radius 2 is 2.27 bits per heavy atom. The van der Waals surface area contributed by atoms with E-state index in [-0.39, 0.29) is 30.8 Å². The maximum atomic E-state index is 12.0. The molecule has 22 heavy (non-hydrogen) atoms. The van der Waals surface area contributed by atoms with Crippen molar-refractivity contribution in [3.8, 4) is 0 Å². The van der Waals surface area contributed by atoms with E-state index in [1.165, 1.54) is 0 Å². The molecule has 0 saturated carbocycles. The number of nitrogens with zero attached hydrogens (tertiary/aromatic N) is 2. The summed E-state index contributed by atoms with van der Waals surface area (Å²) in [6, 6.07) is 3.15. The van der Waals surface area contributed by atoms with E-state index in [1.807, 2.05) is 17.7 Å². The molecule has 0 bridgehead atoms. The lowest BCUT2D eigenvalue weighted by molar-refractivity contribution is -0.122. The van der Waals surface area contributed by atoms with E-state index in [2.05, 4.69) is 10.3 Å². The number of carboxylic acid groups (broad SMARTS) is 1. The highest BCUT2D eigenvalue weighted by atomic mass is 16.4. The van der Waals surface area contributed by atoms with Crippen LogP contribution in [-0.2, 0) is 17.9 Å². The van der Waals surface area contributed by atoms with E-state index in [1.54, 1.807) is 24.7 Å². The molecule has 120 valence electrons. The van der Waals surface area contributed by atoms with Crippen LogP contribution in [0.1, 0.15) is 29.7 Å². The molecule has 1 unspecified atom stereocenters. The van der Waals surface area contributed by atoms with Crippen molar-refractivity contribution in [3.05, 3.63) is 42.4 Å². The van der Waals surface area contributed by atoms with Gasteiger partial charge in [-0.2, -0.15) is 0 Å². The highest BCUT2D eigenvalue weighted by Crippen LogP contribution is 2.08. The fourth-order valence-corrected chi connectivity index (χ4v) is 1.77. The highest BCUT2D eigenvalue weighted by molar-refractivity contribution is 5.91. The predicted octanol–water partition coefficient (Wildman–Crippen LogP) is 0.878. The van der Waals surface area contributed by atoms with Gasteiger partial charge < -0.3 is 24.5 Å². The Hall–Kier alpha value is -2.61. The molecule has 3 N–H and O–H groups in total. The maximum Gasteiger partial charge on any atom is 0.290 e. The van der Waals surface area contributed by atoms with Crippen LogP contribution in [0.4, 0.5) is 0 Å². The van der Waals surface area contributed by atoms with E-state index in [0.29, 0.717) is 12.3 Å². The number of carbonyl (C=O) groups is 2. The molecule has 0 aliphatic carbocycles. The average Bonchev–Trinajstić information content (AvgIpc) is 3.18. The third-order valence-electron chi connectivity index (χ3n) is 2.86. The molecule has 1 amide bonds. The van der Waals surface area contributed by atoms with Gasteiger partial charge in [0.15, 0.2) is 5.76 Å². The normalized spacial score (nSPS) is 11.2. The number of aliphatic hydroxyl groups excluding tert-OH is 1. The van der Waals surface area contributed by atoms with Crippen molar-refractivity contribution < 1.29 is 24.2 Å². The first-order valence-corrected chi connectivity index (χ1v) is 6.68. The van der Waals surface area contributed by atoms with E-state index in [9.17, 15) is 4.79 Å². The molecule has 0 saturated heterocycles. The number of aliphatic hydroxyl groups is 1. The summed E-state index contributed by atoms with van der Waals surface area (Å²) in [5.74, 6) is 0.326. The zero-order chi connectivity index (χ0) is 16.4. The topological polar surface area (TPSA) is 118 Å². The Balaban J connectivity index is 0.000000745. The second kappa shape index (κ2) is 9.35. The lowest BCUT2D eigenvalue weighted by Gasteiger charge is -2.16. The van der Waals surface area contributed by atoms with Gasteiger partial charge in [0.2, 0.25) is 0 Å². The van der Waals surface area contributed by atoms with Gasteiger partial charge in [0.05, 0.1) is 6.33 Å². The Bertz CT molecular complexity index is 565. The third-order valence-corrected chi connectivity index (χ3v) is 2.86. The molecule has 8 nitrogen and oxygen atoms in total. The van der Waals surface area contributed by atoms with Crippen LogP contribution in [0.3, 0.4) is 0 Å². The molecule has 2 heterocycles. The molecule has 0 aliphatic rings. The van der Waals surface area contributed by atoms with Crippen molar-refractivity contribution in [3.63, 3.8) is 0 Å². The summed E-state index contributed by atoms with van der Waals surface area (Å²) in [5.41, 5.74) is 0. The standard InChI is InChI=1S/C13H17N3O3.CH2O2/c1-2-10(7-16-6-5-14-9-16)15-13(18)12-4-3-11(8-17)19-12;2-1-3/h3-6,9-10,17H,2,7-8H2,1H3,(H,15,18);1H,(H,2,3). The molecule has 0 aromatic carbocycles. The van der Waals surface area contributed by atoms with Crippen LogP contribution in [0.5, 0.6) is 0 Å². The van der Waals surface area contributed by atoms with Crippen LogP contribution in [-0.4, -0.2) is 38.2 Å². The smallest absolute Gasteiger partial charge is 0.290 e. The van der Waals surface area contributed by atoms with Crippen molar-refractivity contribution in [2.24, 2.45) is 0 Å². The second-order valence-corrected chi connectivity index (χ2v) is 4.37. The summed E-state index contributed by atoms with van der Waals surface area (Å²) >= 11 is 0. The largest absolute Gasteiger partial charge is 0.483 e. The summed E-state index contributed by atoms with van der Waals surface area (Å²) in [4.78, 5) is 24.3. The van der Waals surface area contributed by atoms with E-state index >= 15 is 0 Å². The molecule has 2 aromatic rings. The zero-order valence-corrected chi connectivity index (χ0v) is 12.2. The van der Waals surface area contributed by atoms with E-state index in [0.717, 1.165) is 6.42 Å². The number of rotatable bonds is 6. The Morgan fingerprint density at radius 1 is 1.55 bits per heavy atom. The third kappa shape index (κ3) is 5.41. The van der Waals surface area contributed by atoms with E-state index in [4.69, 9.17) is 19.4 Å². The molecule has 2 aromatic heterocycles. The quantitative estimate of drug-likeness (QED) is 0.682. The highest BCUT2D eigenvalue weighted by Gasteiger charge is 2.15. The average molecular weight is 309 g/mol. The van der Waals surface area contributed by atoms with Crippen molar-refractivity contribution >= 4 is 12.4 Å². The summed E-state index contributed by atoms with van der Waals surface area (Å²) in [5, 5.41) is 18.7. The van der Waals surface area contributed by atoms with Crippen molar-refractivity contribution in [2.75, 3.05) is 0 Å². The number of hydrogen-bond donors (Lipinski definition) is 3. The number of nitrogens with one attached hydrogen (secondary N) is 1. The van der Waals surface area contributed by atoms with E-state index < -0.39 is 0 Å². The zero-order valence-electron chi connectivity index (χ0n) is 12.2. The summed E-state index contributed by atoms with van der Waals surface area (Å²) in [7, 11) is 0. The Kier molecular flexibility index (Phi) is 7.41. The number of hydrogen-bond acceptors (Lipinski definition) is 5. The van der Waals surface area contributed by atoms with Crippen LogP contribution in [0.2, 0.25) is 0 Å². The minimum absolute atomic E-state index is 0.00405. The lowest BCUT2D eigenvalue weighted by Crippen LogP contribution is -2.37. The minimum Gasteiger partial charge on any atom is -0.483 e. The number of furan rings is 1. The molecule has 0 spiro atoms. The van der Waals surface area contributed by atoms with Crippen LogP contribution in [0.25, 0.3) is 0 Å². The first-order valence-electron chi connectivity index (χ1n) is 6.68. The number of amides is 1. The summed E-state index contributed by atoms with van der Waals surface area (Å²) in [6.45, 7) is 2.21. The van der Waals surface area contributed by atoms with Crippen molar-refractivity contribution in [1.29, 1.82) is 0 Å². The van der Waals surface area contributed by atoms with Crippen LogP contribution in [0, 0.1) is 0 Å². The van der Waals surface area contributed by atoms with Gasteiger partial charge in [-0.25, -0.2) is 4.98 Å². The molecule has 8 heteroatoms. The first kappa shape index (κ1) is 17.4. The van der Waals surface area contributed by atoms with Crippen molar-refractivity contribution in [2.45, 2.75) is 32.5 Å².